The van der Waals surface area contributed by atoms with E-state index in [9.17, 15) is 9.18 Å². The van der Waals surface area contributed by atoms with Crippen LogP contribution in [0.1, 0.15) is 25.0 Å². The first kappa shape index (κ1) is 22.1. The summed E-state index contributed by atoms with van der Waals surface area (Å²) in [5, 5.41) is 0.625. The van der Waals surface area contributed by atoms with Crippen LogP contribution in [0.4, 0.5) is 4.39 Å². The first-order valence-corrected chi connectivity index (χ1v) is 10.8. The zero-order chi connectivity index (χ0) is 22.7. The Kier molecular flexibility index (Phi) is 6.33. The molecule has 3 nitrogen and oxygen atoms in total. The van der Waals surface area contributed by atoms with Crippen LogP contribution in [0.15, 0.2) is 84.9 Å². The van der Waals surface area contributed by atoms with Crippen LogP contribution in [0.5, 0.6) is 11.5 Å². The molecule has 0 saturated heterocycles. The number of hydrogen-bond donors (Lipinski definition) is 0. The summed E-state index contributed by atoms with van der Waals surface area (Å²) < 4.78 is 25.3. The molecule has 0 N–H and O–H groups in total. The molecule has 0 bridgehead atoms. The van der Waals surface area contributed by atoms with E-state index in [-0.39, 0.29) is 35.6 Å². The molecule has 1 aliphatic rings. The normalized spacial score (nSPS) is 19.3. The quantitative estimate of drug-likeness (QED) is 0.356. The highest BCUT2D eigenvalue weighted by Gasteiger charge is 2.61. The third kappa shape index (κ3) is 4.86. The summed E-state index contributed by atoms with van der Waals surface area (Å²) in [4.78, 5) is 12.8. The van der Waals surface area contributed by atoms with Crippen LogP contribution in [0.25, 0.3) is 5.03 Å². The van der Waals surface area contributed by atoms with Crippen molar-refractivity contribution in [1.82, 2.24) is 0 Å². The van der Waals surface area contributed by atoms with Crippen LogP contribution < -0.4 is 4.74 Å². The number of carbonyl (C=O) groups excluding carboxylic acids is 1. The molecule has 2 atom stereocenters. The van der Waals surface area contributed by atoms with Gasteiger partial charge in [0.15, 0.2) is 11.6 Å². The van der Waals surface area contributed by atoms with Crippen molar-refractivity contribution in [2.75, 3.05) is 0 Å². The standard InChI is InChI=1S/C27H24ClFO3/c1-27(2)21(16-22(28)19-9-5-3-6-10-19)25(27)26(30)31-17-18-13-14-23(29)24(15-18)32-20-11-7-4-8-12-20/h3-16,21,25H,17H2,1-2H3. The molecule has 0 radical (unpaired) electrons. The predicted molar refractivity (Wildman–Crippen MR) is 124 cm³/mol. The first-order chi connectivity index (χ1) is 15.4. The maximum Gasteiger partial charge on any atom is 0.310 e. The molecular formula is C27H24ClFO3. The van der Waals surface area contributed by atoms with Crippen LogP contribution in [-0.2, 0) is 16.1 Å². The van der Waals surface area contributed by atoms with Gasteiger partial charge < -0.3 is 9.47 Å². The van der Waals surface area contributed by atoms with Gasteiger partial charge in [-0.15, -0.1) is 0 Å². The Balaban J connectivity index is 1.40. The Hall–Kier alpha value is -3.11. The molecule has 1 fully saturated rings. The average Bonchev–Trinajstić information content (AvgIpc) is 3.34. The minimum absolute atomic E-state index is 0.00658. The van der Waals surface area contributed by atoms with Gasteiger partial charge in [0.25, 0.3) is 0 Å². The third-order valence-corrected chi connectivity index (χ3v) is 6.23. The van der Waals surface area contributed by atoms with Gasteiger partial charge in [0.1, 0.15) is 12.4 Å². The van der Waals surface area contributed by atoms with Gasteiger partial charge in [0.05, 0.1) is 5.92 Å². The maximum absolute atomic E-state index is 14.2. The van der Waals surface area contributed by atoms with Gasteiger partial charge in [-0.2, -0.15) is 0 Å². The number of rotatable bonds is 7. The van der Waals surface area contributed by atoms with Crippen molar-refractivity contribution in [3.05, 3.63) is 102 Å². The second-order valence-corrected chi connectivity index (χ2v) is 8.90. The van der Waals surface area contributed by atoms with Crippen molar-refractivity contribution in [3.8, 4) is 11.5 Å². The van der Waals surface area contributed by atoms with Crippen molar-refractivity contribution in [2.45, 2.75) is 20.5 Å². The molecular weight excluding hydrogens is 427 g/mol. The SMILES string of the molecule is CC1(C)C(C=C(Cl)c2ccccc2)C1C(=O)OCc1ccc(F)c(Oc2ccccc2)c1. The van der Waals surface area contributed by atoms with E-state index < -0.39 is 5.82 Å². The first-order valence-electron chi connectivity index (χ1n) is 10.5. The van der Waals surface area contributed by atoms with E-state index in [1.165, 1.54) is 6.07 Å². The largest absolute Gasteiger partial charge is 0.461 e. The lowest BCUT2D eigenvalue weighted by atomic mass is 10.1. The number of hydrogen-bond acceptors (Lipinski definition) is 3. The number of esters is 1. The Morgan fingerprint density at radius 1 is 1.03 bits per heavy atom. The van der Waals surface area contributed by atoms with Crippen LogP contribution in [0.2, 0.25) is 0 Å². The summed E-state index contributed by atoms with van der Waals surface area (Å²) in [6.07, 6.45) is 1.94. The van der Waals surface area contributed by atoms with Crippen molar-refractivity contribution < 1.29 is 18.7 Å². The molecule has 1 aliphatic carbocycles. The van der Waals surface area contributed by atoms with Gasteiger partial charge in [0, 0.05) is 5.03 Å². The van der Waals surface area contributed by atoms with Crippen LogP contribution in [-0.4, -0.2) is 5.97 Å². The van der Waals surface area contributed by atoms with Gasteiger partial charge in [-0.05, 0) is 46.7 Å². The number of para-hydroxylation sites is 1. The zero-order valence-electron chi connectivity index (χ0n) is 17.9. The predicted octanol–water partition coefficient (Wildman–Crippen LogP) is 7.21. The molecule has 0 spiro atoms. The summed E-state index contributed by atoms with van der Waals surface area (Å²) in [7, 11) is 0. The lowest BCUT2D eigenvalue weighted by Crippen LogP contribution is -2.10. The minimum atomic E-state index is -0.479. The number of allylic oxidation sites excluding steroid dienone is 1. The molecule has 0 heterocycles. The van der Waals surface area contributed by atoms with E-state index in [2.05, 4.69) is 0 Å². The fraction of sp³-hybridized carbons (Fsp3) is 0.222. The second-order valence-electron chi connectivity index (χ2n) is 8.49. The molecule has 3 aromatic rings. The zero-order valence-corrected chi connectivity index (χ0v) is 18.7. The molecule has 5 heteroatoms. The molecule has 0 amide bonds. The molecule has 1 saturated carbocycles. The number of carbonyl (C=O) groups is 1. The lowest BCUT2D eigenvalue weighted by Gasteiger charge is -2.10. The van der Waals surface area contributed by atoms with Crippen molar-refractivity contribution in [3.63, 3.8) is 0 Å². The smallest absolute Gasteiger partial charge is 0.310 e. The Morgan fingerprint density at radius 3 is 2.38 bits per heavy atom. The Labute approximate surface area is 192 Å². The van der Waals surface area contributed by atoms with E-state index in [1.54, 1.807) is 24.3 Å². The van der Waals surface area contributed by atoms with Crippen LogP contribution in [0, 0.1) is 23.1 Å². The van der Waals surface area contributed by atoms with Gasteiger partial charge in [-0.3, -0.25) is 4.79 Å². The second kappa shape index (κ2) is 9.17. The summed E-state index contributed by atoms with van der Waals surface area (Å²) in [5.74, 6) is -0.429. The summed E-state index contributed by atoms with van der Waals surface area (Å²) in [6, 6.07) is 23.1. The Bertz CT molecular complexity index is 1130. The van der Waals surface area contributed by atoms with E-state index in [0.29, 0.717) is 16.3 Å². The lowest BCUT2D eigenvalue weighted by molar-refractivity contribution is -0.147. The van der Waals surface area contributed by atoms with Crippen molar-refractivity contribution in [2.24, 2.45) is 17.3 Å². The van der Waals surface area contributed by atoms with Crippen molar-refractivity contribution in [1.29, 1.82) is 0 Å². The molecule has 164 valence electrons. The Morgan fingerprint density at radius 2 is 1.69 bits per heavy atom. The number of ether oxygens (including phenoxy) is 2. The van der Waals surface area contributed by atoms with Gasteiger partial charge >= 0.3 is 5.97 Å². The van der Waals surface area contributed by atoms with Crippen LogP contribution >= 0.6 is 11.6 Å². The highest BCUT2D eigenvalue weighted by molar-refractivity contribution is 6.48. The van der Waals surface area contributed by atoms with E-state index in [4.69, 9.17) is 21.1 Å². The van der Waals surface area contributed by atoms with E-state index >= 15 is 0 Å². The van der Waals surface area contributed by atoms with E-state index in [1.807, 2.05) is 68.5 Å². The molecule has 2 unspecified atom stereocenters. The highest BCUT2D eigenvalue weighted by Crippen LogP contribution is 2.60. The number of halogens is 2. The fourth-order valence-electron chi connectivity index (χ4n) is 3.87. The monoisotopic (exact) mass is 450 g/mol. The molecule has 4 rings (SSSR count). The minimum Gasteiger partial charge on any atom is -0.461 e. The molecule has 32 heavy (non-hydrogen) atoms. The number of benzene rings is 3. The van der Waals surface area contributed by atoms with Crippen LogP contribution in [0.3, 0.4) is 0 Å². The fourth-order valence-corrected chi connectivity index (χ4v) is 4.13. The topological polar surface area (TPSA) is 35.5 Å². The van der Waals surface area contributed by atoms with Gasteiger partial charge in [0.2, 0.25) is 0 Å². The molecule has 0 aliphatic heterocycles. The summed E-state index contributed by atoms with van der Waals surface area (Å²) >= 11 is 6.47. The highest BCUT2D eigenvalue weighted by atomic mass is 35.5. The van der Waals surface area contributed by atoms with Crippen molar-refractivity contribution >= 4 is 22.6 Å². The molecule has 3 aromatic carbocycles. The third-order valence-electron chi connectivity index (χ3n) is 5.89. The maximum atomic E-state index is 14.2. The average molecular weight is 451 g/mol. The van der Waals surface area contributed by atoms with Gasteiger partial charge in [-0.25, -0.2) is 4.39 Å². The summed E-state index contributed by atoms with van der Waals surface area (Å²) in [6.45, 7) is 4.09. The van der Waals surface area contributed by atoms with E-state index in [0.717, 1.165) is 5.56 Å². The molecule has 0 aromatic heterocycles. The summed E-state index contributed by atoms with van der Waals surface area (Å²) in [5.41, 5.74) is 1.33. The van der Waals surface area contributed by atoms with Gasteiger partial charge in [-0.1, -0.05) is 86.1 Å².